The number of hydrogen-bond acceptors (Lipinski definition) is 1. The van der Waals surface area contributed by atoms with E-state index in [4.69, 9.17) is 5.11 Å². The summed E-state index contributed by atoms with van der Waals surface area (Å²) in [5.41, 5.74) is 1.33. The van der Waals surface area contributed by atoms with E-state index in [2.05, 4.69) is 29.9 Å². The number of carbonyl (C=O) groups is 1. The Morgan fingerprint density at radius 1 is 1.25 bits per heavy atom. The molecular formula is C13H20NO2+. The first-order chi connectivity index (χ1) is 7.70. The molecule has 3 heteroatoms. The molecule has 1 heterocycles. The van der Waals surface area contributed by atoms with E-state index < -0.39 is 5.97 Å². The van der Waals surface area contributed by atoms with Crippen molar-refractivity contribution in [2.24, 2.45) is 7.05 Å². The normalized spacial score (nSPS) is 10.3. The largest absolute Gasteiger partial charge is 0.481 e. The van der Waals surface area contributed by atoms with Crippen molar-refractivity contribution in [1.82, 2.24) is 0 Å². The lowest BCUT2D eigenvalue weighted by molar-refractivity contribution is -0.679. The predicted molar refractivity (Wildman–Crippen MR) is 62.0 cm³/mol. The summed E-state index contributed by atoms with van der Waals surface area (Å²) in [7, 11) is 2.06. The maximum atomic E-state index is 10.3. The van der Waals surface area contributed by atoms with Gasteiger partial charge >= 0.3 is 5.97 Å². The topological polar surface area (TPSA) is 41.2 Å². The quantitative estimate of drug-likeness (QED) is 0.567. The lowest BCUT2D eigenvalue weighted by atomic mass is 10.1. The van der Waals surface area contributed by atoms with Crippen LogP contribution < -0.4 is 4.57 Å². The Bertz CT molecular complexity index is 336. The molecule has 1 N–H and O–H groups in total. The van der Waals surface area contributed by atoms with Gasteiger partial charge in [0.2, 0.25) is 0 Å². The minimum absolute atomic E-state index is 0.305. The van der Waals surface area contributed by atoms with Gasteiger partial charge in [0.1, 0.15) is 7.05 Å². The molecular weight excluding hydrogens is 202 g/mol. The average molecular weight is 222 g/mol. The lowest BCUT2D eigenvalue weighted by Crippen LogP contribution is -2.32. The molecule has 0 fully saturated rings. The van der Waals surface area contributed by atoms with Gasteiger partial charge in [-0.15, -0.1) is 0 Å². The van der Waals surface area contributed by atoms with Crippen molar-refractivity contribution in [3.63, 3.8) is 0 Å². The second-order valence-corrected chi connectivity index (χ2v) is 4.11. The molecule has 1 rings (SSSR count). The smallest absolute Gasteiger partial charge is 0.303 e. The summed E-state index contributed by atoms with van der Waals surface area (Å²) in [6, 6.07) is 6.22. The fourth-order valence-electron chi connectivity index (χ4n) is 1.75. The van der Waals surface area contributed by atoms with Crippen LogP contribution in [0.15, 0.2) is 24.4 Å². The fraction of sp³-hybridized carbons (Fsp3) is 0.538. The molecule has 0 aliphatic carbocycles. The van der Waals surface area contributed by atoms with Gasteiger partial charge in [-0.2, -0.15) is 0 Å². The van der Waals surface area contributed by atoms with Crippen LogP contribution in [0.1, 0.15) is 37.8 Å². The number of aromatic nitrogens is 1. The minimum Gasteiger partial charge on any atom is -0.481 e. The van der Waals surface area contributed by atoms with Crippen LogP contribution in [0.3, 0.4) is 0 Å². The molecule has 0 spiro atoms. The average Bonchev–Trinajstić information content (AvgIpc) is 2.25. The molecule has 0 radical (unpaired) electrons. The molecule has 16 heavy (non-hydrogen) atoms. The highest BCUT2D eigenvalue weighted by molar-refractivity contribution is 5.66. The molecule has 0 amide bonds. The Morgan fingerprint density at radius 3 is 2.69 bits per heavy atom. The van der Waals surface area contributed by atoms with Crippen LogP contribution in [0, 0.1) is 0 Å². The molecule has 0 unspecified atom stereocenters. The van der Waals surface area contributed by atoms with E-state index in [9.17, 15) is 4.79 Å². The summed E-state index contributed by atoms with van der Waals surface area (Å²) < 4.78 is 2.14. The Morgan fingerprint density at radius 2 is 2.00 bits per heavy atom. The molecule has 0 saturated carbocycles. The Kier molecular flexibility index (Phi) is 5.54. The van der Waals surface area contributed by atoms with Gasteiger partial charge in [-0.1, -0.05) is 18.9 Å². The highest BCUT2D eigenvalue weighted by Crippen LogP contribution is 2.06. The second kappa shape index (κ2) is 6.99. The first-order valence-corrected chi connectivity index (χ1v) is 5.85. The number of carboxylic acids is 1. The Labute approximate surface area is 96.7 Å². The zero-order chi connectivity index (χ0) is 11.8. The number of aliphatic carboxylic acids is 1. The summed E-state index contributed by atoms with van der Waals surface area (Å²) in [5.74, 6) is -0.686. The fourth-order valence-corrected chi connectivity index (χ4v) is 1.75. The second-order valence-electron chi connectivity index (χ2n) is 4.11. The minimum atomic E-state index is -0.686. The predicted octanol–water partition coefficient (Wildman–Crippen LogP) is 2.09. The van der Waals surface area contributed by atoms with Gasteiger partial charge in [0.15, 0.2) is 11.9 Å². The van der Waals surface area contributed by atoms with Crippen molar-refractivity contribution in [3.05, 3.63) is 30.1 Å². The van der Waals surface area contributed by atoms with Crippen LogP contribution in [-0.4, -0.2) is 11.1 Å². The van der Waals surface area contributed by atoms with E-state index in [1.807, 2.05) is 6.07 Å². The first-order valence-electron chi connectivity index (χ1n) is 5.85. The zero-order valence-electron chi connectivity index (χ0n) is 9.85. The first kappa shape index (κ1) is 12.7. The van der Waals surface area contributed by atoms with Crippen molar-refractivity contribution in [1.29, 1.82) is 0 Å². The van der Waals surface area contributed by atoms with Crippen molar-refractivity contribution >= 4 is 5.97 Å². The number of pyridine rings is 1. The molecule has 3 nitrogen and oxygen atoms in total. The van der Waals surface area contributed by atoms with Crippen molar-refractivity contribution in [2.75, 3.05) is 0 Å². The summed E-state index contributed by atoms with van der Waals surface area (Å²) >= 11 is 0. The van der Waals surface area contributed by atoms with Crippen molar-refractivity contribution < 1.29 is 14.5 Å². The van der Waals surface area contributed by atoms with Crippen LogP contribution in [0.4, 0.5) is 0 Å². The molecule has 0 atom stereocenters. The zero-order valence-corrected chi connectivity index (χ0v) is 9.85. The summed E-state index contributed by atoms with van der Waals surface area (Å²) in [4.78, 5) is 10.3. The number of nitrogens with zero attached hydrogens (tertiary/aromatic N) is 1. The van der Waals surface area contributed by atoms with Gasteiger partial charge < -0.3 is 5.11 Å². The van der Waals surface area contributed by atoms with Crippen molar-refractivity contribution in [2.45, 2.75) is 38.5 Å². The van der Waals surface area contributed by atoms with E-state index >= 15 is 0 Å². The van der Waals surface area contributed by atoms with Gasteiger partial charge in [-0.3, -0.25) is 4.79 Å². The summed E-state index contributed by atoms with van der Waals surface area (Å²) in [6.45, 7) is 0. The maximum absolute atomic E-state index is 10.3. The Hall–Kier alpha value is -1.38. The SMILES string of the molecule is C[n+]1ccccc1CCCCCCC(=O)O. The van der Waals surface area contributed by atoms with E-state index in [-0.39, 0.29) is 0 Å². The molecule has 0 saturated heterocycles. The van der Waals surface area contributed by atoms with Crippen LogP contribution in [0.2, 0.25) is 0 Å². The van der Waals surface area contributed by atoms with Gasteiger partial charge in [0.25, 0.3) is 0 Å². The number of aryl methyl sites for hydroxylation is 2. The van der Waals surface area contributed by atoms with Crippen LogP contribution >= 0.6 is 0 Å². The van der Waals surface area contributed by atoms with E-state index in [0.29, 0.717) is 6.42 Å². The van der Waals surface area contributed by atoms with Gasteiger partial charge in [0, 0.05) is 25.0 Å². The number of unbranched alkanes of at least 4 members (excludes halogenated alkanes) is 3. The van der Waals surface area contributed by atoms with E-state index in [1.54, 1.807) is 0 Å². The number of carboxylic acid groups (broad SMARTS) is 1. The molecule has 0 aliphatic rings. The van der Waals surface area contributed by atoms with Crippen LogP contribution in [0.25, 0.3) is 0 Å². The molecule has 88 valence electrons. The summed E-state index contributed by atoms with van der Waals surface area (Å²) in [6.07, 6.45) is 7.50. The standard InChI is InChI=1S/C13H19NO2/c1-14-11-7-6-9-12(14)8-4-2-3-5-10-13(15)16/h6-7,9,11H,2-5,8,10H2,1H3/p+1. The van der Waals surface area contributed by atoms with Crippen molar-refractivity contribution in [3.8, 4) is 0 Å². The highest BCUT2D eigenvalue weighted by Gasteiger charge is 2.03. The van der Waals surface area contributed by atoms with E-state index in [1.165, 1.54) is 5.69 Å². The number of hydrogen-bond donors (Lipinski definition) is 1. The highest BCUT2D eigenvalue weighted by atomic mass is 16.4. The third-order valence-electron chi connectivity index (χ3n) is 2.74. The van der Waals surface area contributed by atoms with Gasteiger partial charge in [-0.25, -0.2) is 4.57 Å². The van der Waals surface area contributed by atoms with Gasteiger partial charge in [0.05, 0.1) is 0 Å². The third kappa shape index (κ3) is 4.91. The Balaban J connectivity index is 2.12. The lowest BCUT2D eigenvalue weighted by Gasteiger charge is -2.00. The maximum Gasteiger partial charge on any atom is 0.303 e. The molecule has 0 aromatic carbocycles. The third-order valence-corrected chi connectivity index (χ3v) is 2.74. The summed E-state index contributed by atoms with van der Waals surface area (Å²) in [5, 5.41) is 8.48. The molecule has 0 aliphatic heterocycles. The molecule has 1 aromatic heterocycles. The van der Waals surface area contributed by atoms with E-state index in [0.717, 1.165) is 32.1 Å². The molecule has 0 bridgehead atoms. The molecule has 1 aromatic rings. The van der Waals surface area contributed by atoms with Crippen LogP contribution in [-0.2, 0) is 18.3 Å². The monoisotopic (exact) mass is 222 g/mol. The van der Waals surface area contributed by atoms with Gasteiger partial charge in [-0.05, 0) is 12.8 Å². The van der Waals surface area contributed by atoms with Crippen LogP contribution in [0.5, 0.6) is 0 Å². The number of rotatable bonds is 7.